The van der Waals surface area contributed by atoms with Crippen molar-refractivity contribution in [1.29, 1.82) is 0 Å². The molecule has 2 aromatic heterocycles. The Hall–Kier alpha value is -4.19. The Labute approximate surface area is 180 Å². The Bertz CT molecular complexity index is 1220. The molecule has 0 radical (unpaired) electrons. The van der Waals surface area contributed by atoms with E-state index in [0.717, 1.165) is 5.56 Å². The highest BCUT2D eigenvalue weighted by molar-refractivity contribution is 5.96. The summed E-state index contributed by atoms with van der Waals surface area (Å²) in [4.78, 5) is 56.2. The summed E-state index contributed by atoms with van der Waals surface area (Å²) in [6.07, 6.45) is 1.00. The van der Waals surface area contributed by atoms with Crippen LogP contribution >= 0.6 is 0 Å². The number of rotatable bonds is 9. The molecule has 3 aromatic rings. The number of carbonyl (C=O) groups excluding carboxylic acids is 1. The van der Waals surface area contributed by atoms with Crippen LogP contribution < -0.4 is 22.3 Å². The largest absolute Gasteiger partial charge is 0.481 e. The van der Waals surface area contributed by atoms with Crippen molar-refractivity contribution in [2.75, 3.05) is 12.3 Å². The van der Waals surface area contributed by atoms with Gasteiger partial charge in [-0.25, -0.2) is 4.79 Å². The van der Waals surface area contributed by atoms with Gasteiger partial charge in [-0.15, -0.1) is 0 Å². The molecule has 0 aliphatic heterocycles. The van der Waals surface area contributed by atoms with Crippen molar-refractivity contribution in [3.05, 3.63) is 57.5 Å². The first kappa shape index (κ1) is 22.5. The maximum absolute atomic E-state index is 12.4. The number of hydrogen-bond donors (Lipinski definition) is 7. The molecule has 1 aromatic carbocycles. The molecular formula is C20H22N6O6. The molecular weight excluding hydrogens is 420 g/mol. The monoisotopic (exact) mass is 442 g/mol. The molecule has 0 aliphatic rings. The van der Waals surface area contributed by atoms with Crippen molar-refractivity contribution in [3.8, 4) is 0 Å². The summed E-state index contributed by atoms with van der Waals surface area (Å²) in [5.41, 5.74) is 13.0. The van der Waals surface area contributed by atoms with E-state index in [1.807, 2.05) is 0 Å². The summed E-state index contributed by atoms with van der Waals surface area (Å²) in [5.74, 6) is -3.52. The number of nitrogen functional groups attached to an aromatic ring is 1. The molecule has 2 atom stereocenters. The number of nitrogens with one attached hydrogen (secondary N) is 3. The van der Waals surface area contributed by atoms with Crippen LogP contribution in [0.15, 0.2) is 35.3 Å². The number of nitrogens with zero attached hydrogens (tertiary/aromatic N) is 1. The number of carbonyl (C=O) groups is 3. The number of carboxylic acid groups (broad SMARTS) is 2. The zero-order valence-corrected chi connectivity index (χ0v) is 16.8. The molecule has 0 fully saturated rings. The molecule has 0 saturated heterocycles. The average molecular weight is 442 g/mol. The smallest absolute Gasteiger partial charge is 0.326 e. The van der Waals surface area contributed by atoms with Crippen LogP contribution in [0.2, 0.25) is 0 Å². The number of carboxylic acids is 2. The number of fused-ring (bicyclic) bond motifs is 1. The van der Waals surface area contributed by atoms with Gasteiger partial charge in [0.1, 0.15) is 11.7 Å². The lowest BCUT2D eigenvalue weighted by molar-refractivity contribution is -0.140. The summed E-state index contributed by atoms with van der Waals surface area (Å²) in [6, 6.07) is 4.97. The third kappa shape index (κ3) is 4.75. The van der Waals surface area contributed by atoms with E-state index < -0.39 is 35.9 Å². The van der Waals surface area contributed by atoms with E-state index in [2.05, 4.69) is 20.3 Å². The highest BCUT2D eigenvalue weighted by Gasteiger charge is 2.23. The maximum atomic E-state index is 12.4. The van der Waals surface area contributed by atoms with Gasteiger partial charge in [0.15, 0.2) is 0 Å². The molecule has 3 rings (SSSR count). The van der Waals surface area contributed by atoms with Crippen molar-refractivity contribution in [3.63, 3.8) is 0 Å². The summed E-state index contributed by atoms with van der Waals surface area (Å²) >= 11 is 0. The predicted octanol–water partition coefficient (Wildman–Crippen LogP) is -0.0282. The van der Waals surface area contributed by atoms with Crippen LogP contribution in [0.25, 0.3) is 11.0 Å². The molecule has 0 bridgehead atoms. The first-order chi connectivity index (χ1) is 15.2. The third-order valence-corrected chi connectivity index (χ3v) is 5.03. The second-order valence-corrected chi connectivity index (χ2v) is 7.13. The van der Waals surface area contributed by atoms with Gasteiger partial charge >= 0.3 is 11.9 Å². The van der Waals surface area contributed by atoms with E-state index in [-0.39, 0.29) is 30.4 Å². The number of hydrogen-bond acceptors (Lipinski definition) is 7. The van der Waals surface area contributed by atoms with E-state index in [4.69, 9.17) is 16.6 Å². The van der Waals surface area contributed by atoms with Crippen LogP contribution in [0.4, 0.5) is 5.95 Å². The van der Waals surface area contributed by atoms with Crippen molar-refractivity contribution in [2.45, 2.75) is 24.8 Å². The van der Waals surface area contributed by atoms with Crippen LogP contribution in [0.3, 0.4) is 0 Å². The zero-order chi connectivity index (χ0) is 23.4. The van der Waals surface area contributed by atoms with E-state index in [0.29, 0.717) is 16.6 Å². The lowest BCUT2D eigenvalue weighted by Crippen LogP contribution is -2.41. The number of aromatic amines is 2. The van der Waals surface area contributed by atoms with Crippen LogP contribution in [-0.2, 0) is 9.59 Å². The quantitative estimate of drug-likeness (QED) is 0.236. The number of H-pyrrole nitrogens is 2. The summed E-state index contributed by atoms with van der Waals surface area (Å²) in [5, 5.41) is 20.6. The lowest BCUT2D eigenvalue weighted by Gasteiger charge is -2.16. The van der Waals surface area contributed by atoms with Crippen molar-refractivity contribution in [2.24, 2.45) is 5.73 Å². The Balaban J connectivity index is 1.82. The molecule has 1 unspecified atom stereocenters. The number of nitrogens with two attached hydrogens (primary N) is 2. The topological polar surface area (TPSA) is 217 Å². The van der Waals surface area contributed by atoms with Gasteiger partial charge in [-0.3, -0.25) is 19.4 Å². The average Bonchev–Trinajstić information content (AvgIpc) is 3.15. The van der Waals surface area contributed by atoms with Gasteiger partial charge in [-0.2, -0.15) is 4.98 Å². The minimum atomic E-state index is -1.33. The first-order valence-corrected chi connectivity index (χ1v) is 9.63. The van der Waals surface area contributed by atoms with E-state index in [9.17, 15) is 24.3 Å². The van der Waals surface area contributed by atoms with E-state index in [1.54, 1.807) is 18.3 Å². The number of aliphatic carboxylic acids is 2. The third-order valence-electron chi connectivity index (χ3n) is 5.03. The maximum Gasteiger partial charge on any atom is 0.326 e. The number of amides is 1. The van der Waals surface area contributed by atoms with Crippen molar-refractivity contribution in [1.82, 2.24) is 20.3 Å². The molecule has 1 amide bonds. The van der Waals surface area contributed by atoms with E-state index in [1.165, 1.54) is 12.1 Å². The molecule has 2 heterocycles. The predicted molar refractivity (Wildman–Crippen MR) is 114 cm³/mol. The SMILES string of the molecule is NCC(c1ccc(C(=O)N[C@@H](CCC(=O)O)C(=O)O)cc1)c1c[nH]c2nc(N)[nH]c(=O)c12. The standard InChI is InChI=1S/C20H22N6O6/c21-7-11(12-8-23-16-15(12)18(30)26-20(22)25-16)9-1-3-10(4-2-9)17(29)24-13(19(31)32)5-6-14(27)28/h1-4,8,11,13H,5-7,21H2,(H,24,29)(H,27,28)(H,31,32)(H4,22,23,25,26,30)/t11?,13-/m0/s1. The van der Waals surface area contributed by atoms with Gasteiger partial charge in [0.25, 0.3) is 11.5 Å². The van der Waals surface area contributed by atoms with Gasteiger partial charge in [0.05, 0.1) is 5.39 Å². The van der Waals surface area contributed by atoms with Crippen molar-refractivity contribution < 1.29 is 24.6 Å². The normalized spacial score (nSPS) is 12.9. The fourth-order valence-corrected chi connectivity index (χ4v) is 3.43. The second-order valence-electron chi connectivity index (χ2n) is 7.13. The van der Waals surface area contributed by atoms with Gasteiger partial charge in [-0.05, 0) is 29.7 Å². The van der Waals surface area contributed by atoms with Crippen LogP contribution in [0.1, 0.15) is 40.2 Å². The minimum Gasteiger partial charge on any atom is -0.481 e. The fraction of sp³-hybridized carbons (Fsp3) is 0.250. The molecule has 12 heteroatoms. The Morgan fingerprint density at radius 1 is 1.16 bits per heavy atom. The van der Waals surface area contributed by atoms with Gasteiger partial charge in [-0.1, -0.05) is 12.1 Å². The molecule has 0 spiro atoms. The highest BCUT2D eigenvalue weighted by Crippen LogP contribution is 2.28. The Morgan fingerprint density at radius 3 is 2.44 bits per heavy atom. The molecule has 0 aliphatic carbocycles. The molecule has 32 heavy (non-hydrogen) atoms. The highest BCUT2D eigenvalue weighted by atomic mass is 16.4. The Kier molecular flexibility index (Phi) is 6.54. The fourth-order valence-electron chi connectivity index (χ4n) is 3.43. The first-order valence-electron chi connectivity index (χ1n) is 9.63. The number of benzene rings is 1. The molecule has 9 N–H and O–H groups in total. The van der Waals surface area contributed by atoms with Crippen LogP contribution in [0, 0.1) is 0 Å². The van der Waals surface area contributed by atoms with Crippen molar-refractivity contribution >= 4 is 34.8 Å². The number of aromatic nitrogens is 3. The molecule has 0 saturated carbocycles. The minimum absolute atomic E-state index is 0.0152. The van der Waals surface area contributed by atoms with Gasteiger partial charge in [0, 0.05) is 30.6 Å². The van der Waals surface area contributed by atoms with Crippen LogP contribution in [-0.4, -0.2) is 55.6 Å². The molecule has 168 valence electrons. The molecule has 12 nitrogen and oxygen atoms in total. The summed E-state index contributed by atoms with van der Waals surface area (Å²) < 4.78 is 0. The lowest BCUT2D eigenvalue weighted by atomic mass is 9.91. The van der Waals surface area contributed by atoms with Crippen LogP contribution in [0.5, 0.6) is 0 Å². The van der Waals surface area contributed by atoms with E-state index >= 15 is 0 Å². The second kappa shape index (κ2) is 9.31. The summed E-state index contributed by atoms with van der Waals surface area (Å²) in [6.45, 7) is 0.165. The zero-order valence-electron chi connectivity index (χ0n) is 16.8. The summed E-state index contributed by atoms with van der Waals surface area (Å²) in [7, 11) is 0. The van der Waals surface area contributed by atoms with Gasteiger partial charge in [0.2, 0.25) is 5.95 Å². The Morgan fingerprint density at radius 2 is 1.84 bits per heavy atom. The number of anilines is 1. The van der Waals surface area contributed by atoms with Gasteiger partial charge < -0.3 is 32.0 Å².